The lowest BCUT2D eigenvalue weighted by Crippen LogP contribution is -2.19. The molecular formula is C16H17N5O. The number of amides is 2. The van der Waals surface area contributed by atoms with Crippen molar-refractivity contribution < 1.29 is 4.79 Å². The molecule has 112 valence electrons. The highest BCUT2D eigenvalue weighted by atomic mass is 16.2. The van der Waals surface area contributed by atoms with E-state index in [-0.39, 0.29) is 0 Å². The molecule has 0 aliphatic heterocycles. The Bertz CT molecular complexity index is 766. The Balaban J connectivity index is 0.000000160. The molecule has 1 aromatic heterocycles. The maximum atomic E-state index is 10.4. The third-order valence-corrected chi connectivity index (χ3v) is 2.89. The largest absolute Gasteiger partial charge is 0.383 e. The number of nitrogens with one attached hydrogen (secondary N) is 1. The summed E-state index contributed by atoms with van der Waals surface area (Å²) in [6.45, 7) is 1.98. The first-order valence-electron chi connectivity index (χ1n) is 6.64. The number of fused-ring (bicyclic) bond motifs is 1. The van der Waals surface area contributed by atoms with Crippen molar-refractivity contribution in [2.45, 2.75) is 6.92 Å². The summed E-state index contributed by atoms with van der Waals surface area (Å²) < 4.78 is 0. The molecule has 6 nitrogen and oxygen atoms in total. The predicted octanol–water partition coefficient (Wildman–Crippen LogP) is 2.70. The highest BCUT2D eigenvalue weighted by molar-refractivity contribution is 5.88. The van der Waals surface area contributed by atoms with Crippen LogP contribution in [0.25, 0.3) is 10.9 Å². The summed E-state index contributed by atoms with van der Waals surface area (Å²) in [6.07, 6.45) is 1.47. The number of hydrogen-bond acceptors (Lipinski definition) is 4. The average Bonchev–Trinajstić information content (AvgIpc) is 2.50. The first-order chi connectivity index (χ1) is 10.6. The van der Waals surface area contributed by atoms with Crippen LogP contribution >= 0.6 is 0 Å². The van der Waals surface area contributed by atoms with Gasteiger partial charge in [-0.15, -0.1) is 0 Å². The summed E-state index contributed by atoms with van der Waals surface area (Å²) in [5, 5.41) is 3.38. The number of nitrogen functional groups attached to an aromatic ring is 1. The maximum absolute atomic E-state index is 10.4. The second-order valence-corrected chi connectivity index (χ2v) is 4.63. The molecule has 0 radical (unpaired) electrons. The minimum atomic E-state index is -0.533. The van der Waals surface area contributed by atoms with Crippen molar-refractivity contribution in [3.8, 4) is 0 Å². The van der Waals surface area contributed by atoms with Crippen LogP contribution in [0.5, 0.6) is 0 Å². The first kappa shape index (κ1) is 15.2. The van der Waals surface area contributed by atoms with Gasteiger partial charge < -0.3 is 16.8 Å². The van der Waals surface area contributed by atoms with Gasteiger partial charge in [-0.3, -0.25) is 0 Å². The number of primary amides is 1. The van der Waals surface area contributed by atoms with E-state index in [0.29, 0.717) is 5.82 Å². The number of aromatic nitrogens is 2. The van der Waals surface area contributed by atoms with Gasteiger partial charge in [0.2, 0.25) is 0 Å². The van der Waals surface area contributed by atoms with E-state index in [2.05, 4.69) is 15.3 Å². The molecule has 2 aromatic carbocycles. The van der Waals surface area contributed by atoms with Gasteiger partial charge in [-0.1, -0.05) is 29.8 Å². The van der Waals surface area contributed by atoms with Gasteiger partial charge in [0.25, 0.3) is 0 Å². The van der Waals surface area contributed by atoms with Gasteiger partial charge in [0, 0.05) is 11.1 Å². The molecule has 0 atom stereocenters. The van der Waals surface area contributed by atoms with Gasteiger partial charge in [0.1, 0.15) is 12.1 Å². The van der Waals surface area contributed by atoms with Crippen LogP contribution in [0.1, 0.15) is 5.56 Å². The Kier molecular flexibility index (Phi) is 4.87. The standard InChI is InChI=1S/C8H7N3.C8H10N2O/c9-8-6-3-1-2-4-7(6)10-5-11-8;1-6-2-4-7(5-3-6)10-8(9)11/h1-5H,(H2,9,10,11);2-5H,1H3,(H3,9,10,11). The molecule has 0 aliphatic carbocycles. The van der Waals surface area contributed by atoms with Crippen molar-refractivity contribution in [1.29, 1.82) is 0 Å². The van der Waals surface area contributed by atoms with Crippen LogP contribution in [0.4, 0.5) is 16.3 Å². The normalized spacial score (nSPS) is 9.68. The van der Waals surface area contributed by atoms with Gasteiger partial charge in [0.05, 0.1) is 5.52 Å². The van der Waals surface area contributed by atoms with Crippen molar-refractivity contribution in [2.24, 2.45) is 5.73 Å². The number of rotatable bonds is 1. The number of carbonyl (C=O) groups excluding carboxylic acids is 1. The van der Waals surface area contributed by atoms with Crippen molar-refractivity contribution in [2.75, 3.05) is 11.1 Å². The van der Waals surface area contributed by atoms with Gasteiger partial charge >= 0.3 is 6.03 Å². The fraction of sp³-hybridized carbons (Fsp3) is 0.0625. The fourth-order valence-corrected chi connectivity index (χ4v) is 1.80. The maximum Gasteiger partial charge on any atom is 0.316 e. The molecule has 6 heteroatoms. The highest BCUT2D eigenvalue weighted by Gasteiger charge is 1.95. The monoisotopic (exact) mass is 295 g/mol. The van der Waals surface area contributed by atoms with Crippen LogP contribution < -0.4 is 16.8 Å². The summed E-state index contributed by atoms with van der Waals surface area (Å²) in [5.41, 5.74) is 13.3. The molecule has 2 amide bonds. The topological polar surface area (TPSA) is 107 Å². The average molecular weight is 295 g/mol. The number of aryl methyl sites for hydroxylation is 1. The van der Waals surface area contributed by atoms with E-state index in [9.17, 15) is 4.79 Å². The zero-order chi connectivity index (χ0) is 15.9. The molecule has 0 bridgehead atoms. The lowest BCUT2D eigenvalue weighted by molar-refractivity contribution is 0.259. The minimum Gasteiger partial charge on any atom is -0.383 e. The summed E-state index contributed by atoms with van der Waals surface area (Å²) >= 11 is 0. The van der Waals surface area contributed by atoms with Gasteiger partial charge in [-0.2, -0.15) is 0 Å². The van der Waals surface area contributed by atoms with Gasteiger partial charge in [-0.05, 0) is 31.2 Å². The van der Waals surface area contributed by atoms with Gasteiger partial charge in [0.15, 0.2) is 0 Å². The van der Waals surface area contributed by atoms with Crippen LogP contribution in [-0.4, -0.2) is 16.0 Å². The van der Waals surface area contributed by atoms with E-state index >= 15 is 0 Å². The Morgan fingerprint density at radius 1 is 1.05 bits per heavy atom. The molecule has 0 saturated heterocycles. The summed E-state index contributed by atoms with van der Waals surface area (Å²) in [6, 6.07) is 14.6. The number of nitrogens with two attached hydrogens (primary N) is 2. The number of anilines is 2. The second-order valence-electron chi connectivity index (χ2n) is 4.63. The summed E-state index contributed by atoms with van der Waals surface area (Å²) in [7, 11) is 0. The molecule has 0 saturated carbocycles. The zero-order valence-electron chi connectivity index (χ0n) is 12.2. The fourth-order valence-electron chi connectivity index (χ4n) is 1.80. The second kappa shape index (κ2) is 7.03. The van der Waals surface area contributed by atoms with Crippen molar-refractivity contribution in [3.63, 3.8) is 0 Å². The lowest BCUT2D eigenvalue weighted by atomic mass is 10.2. The molecule has 5 N–H and O–H groups in total. The van der Waals surface area contributed by atoms with E-state index < -0.39 is 6.03 Å². The smallest absolute Gasteiger partial charge is 0.316 e. The SMILES string of the molecule is Cc1ccc(NC(N)=O)cc1.Nc1ncnc2ccccc12. The van der Waals surface area contributed by atoms with E-state index in [1.54, 1.807) is 12.1 Å². The van der Waals surface area contributed by atoms with Gasteiger partial charge in [-0.25, -0.2) is 14.8 Å². The Morgan fingerprint density at radius 2 is 1.73 bits per heavy atom. The molecule has 1 heterocycles. The quantitative estimate of drug-likeness (QED) is 0.641. The predicted molar refractivity (Wildman–Crippen MR) is 88.3 cm³/mol. The Labute approximate surface area is 128 Å². The van der Waals surface area contributed by atoms with E-state index in [4.69, 9.17) is 11.5 Å². The number of para-hydroxylation sites is 1. The summed E-state index contributed by atoms with van der Waals surface area (Å²) in [5.74, 6) is 0.538. The molecule has 3 aromatic rings. The minimum absolute atomic E-state index is 0.533. The molecular weight excluding hydrogens is 278 g/mol. The molecule has 0 spiro atoms. The van der Waals surface area contributed by atoms with Crippen LogP contribution in [0.15, 0.2) is 54.9 Å². The van der Waals surface area contributed by atoms with Crippen LogP contribution in [0.3, 0.4) is 0 Å². The van der Waals surface area contributed by atoms with Crippen molar-refractivity contribution in [3.05, 3.63) is 60.4 Å². The van der Waals surface area contributed by atoms with Crippen LogP contribution in [0, 0.1) is 6.92 Å². The van der Waals surface area contributed by atoms with E-state index in [1.165, 1.54) is 6.33 Å². The Morgan fingerprint density at radius 3 is 2.36 bits per heavy atom. The third kappa shape index (κ3) is 4.17. The number of nitrogens with zero attached hydrogens (tertiary/aromatic N) is 2. The van der Waals surface area contributed by atoms with Crippen molar-refractivity contribution in [1.82, 2.24) is 9.97 Å². The summed E-state index contributed by atoms with van der Waals surface area (Å²) in [4.78, 5) is 18.3. The zero-order valence-corrected chi connectivity index (χ0v) is 12.2. The first-order valence-corrected chi connectivity index (χ1v) is 6.64. The Hall–Kier alpha value is -3.15. The van der Waals surface area contributed by atoms with Crippen LogP contribution in [0.2, 0.25) is 0 Å². The number of hydrogen-bond donors (Lipinski definition) is 3. The van der Waals surface area contributed by atoms with E-state index in [0.717, 1.165) is 22.2 Å². The molecule has 22 heavy (non-hydrogen) atoms. The number of benzene rings is 2. The highest BCUT2D eigenvalue weighted by Crippen LogP contribution is 2.14. The lowest BCUT2D eigenvalue weighted by Gasteiger charge is -2.00. The van der Waals surface area contributed by atoms with E-state index in [1.807, 2.05) is 43.3 Å². The molecule has 0 aliphatic rings. The number of carbonyl (C=O) groups is 1. The van der Waals surface area contributed by atoms with Crippen molar-refractivity contribution >= 4 is 28.4 Å². The van der Waals surface area contributed by atoms with Crippen LogP contribution in [-0.2, 0) is 0 Å². The molecule has 0 fully saturated rings. The number of urea groups is 1. The third-order valence-electron chi connectivity index (χ3n) is 2.89. The molecule has 0 unspecified atom stereocenters. The molecule has 3 rings (SSSR count).